The number of ether oxygens (including phenoxy) is 2. The van der Waals surface area contributed by atoms with Crippen LogP contribution in [0, 0.1) is 0 Å². The molecule has 0 aromatic carbocycles. The van der Waals surface area contributed by atoms with Crippen LogP contribution in [-0.2, 0) is 32.7 Å². The van der Waals surface area contributed by atoms with Crippen molar-refractivity contribution in [3.8, 4) is 0 Å². The highest BCUT2D eigenvalue weighted by Gasteiger charge is 2.26. The van der Waals surface area contributed by atoms with Crippen LogP contribution < -0.4 is 5.73 Å². The molecule has 0 aliphatic rings. The summed E-state index contributed by atoms with van der Waals surface area (Å²) in [5.41, 5.74) is 5.40. The first kappa shape index (κ1) is 87.6. The van der Waals surface area contributed by atoms with Gasteiger partial charge in [0.25, 0.3) is 0 Å². The molecule has 3 N–H and O–H groups in total. The number of esters is 2. The van der Waals surface area contributed by atoms with E-state index >= 15 is 0 Å². The lowest BCUT2D eigenvalue weighted by molar-refractivity contribution is -0.161. The molecule has 0 aromatic heterocycles. The molecule has 9 nitrogen and oxygen atoms in total. The lowest BCUT2D eigenvalue weighted by Crippen LogP contribution is -2.29. The van der Waals surface area contributed by atoms with Crippen LogP contribution in [0.25, 0.3) is 0 Å². The van der Waals surface area contributed by atoms with Gasteiger partial charge in [-0.2, -0.15) is 0 Å². The Kier molecular flexibility index (Phi) is 71.2. The highest BCUT2D eigenvalue weighted by molar-refractivity contribution is 7.47. The number of hydrogen-bond donors (Lipinski definition) is 2. The van der Waals surface area contributed by atoms with Gasteiger partial charge >= 0.3 is 19.8 Å². The normalized spacial score (nSPS) is 14.2. The summed E-state index contributed by atoms with van der Waals surface area (Å²) in [6.45, 7) is 3.49. The van der Waals surface area contributed by atoms with E-state index in [1.54, 1.807) is 0 Å². The Morgan fingerprint density at radius 3 is 0.828 bits per heavy atom. The van der Waals surface area contributed by atoms with Gasteiger partial charge in [0.05, 0.1) is 13.2 Å². The molecule has 2 unspecified atom stereocenters. The van der Waals surface area contributed by atoms with E-state index in [1.807, 2.05) is 0 Å². The molecular weight excluding hydrogens is 1170 g/mol. The quantitative estimate of drug-likeness (QED) is 0.0264. The third-order valence-electron chi connectivity index (χ3n) is 14.7. The van der Waals surface area contributed by atoms with Gasteiger partial charge in [-0.1, -0.05) is 317 Å². The van der Waals surface area contributed by atoms with Gasteiger partial charge in [-0.25, -0.2) is 4.57 Å². The van der Waals surface area contributed by atoms with Crippen molar-refractivity contribution in [3.63, 3.8) is 0 Å². The fourth-order valence-corrected chi connectivity index (χ4v) is 10.1. The first-order chi connectivity index (χ1) is 45.8. The summed E-state index contributed by atoms with van der Waals surface area (Å²) in [6.07, 6.45) is 116. The average molecular weight is 1300 g/mol. The summed E-state index contributed by atoms with van der Waals surface area (Å²) >= 11 is 0. The van der Waals surface area contributed by atoms with Gasteiger partial charge < -0.3 is 20.1 Å². The van der Waals surface area contributed by atoms with E-state index in [0.29, 0.717) is 6.42 Å². The largest absolute Gasteiger partial charge is 0.472 e. The first-order valence-corrected chi connectivity index (χ1v) is 38.1. The molecule has 0 aliphatic heterocycles. The van der Waals surface area contributed by atoms with E-state index < -0.39 is 32.5 Å². The molecular formula is C83H132NO8P. The molecule has 0 saturated heterocycles. The van der Waals surface area contributed by atoms with Crippen LogP contribution in [-0.4, -0.2) is 49.3 Å². The highest BCUT2D eigenvalue weighted by Crippen LogP contribution is 2.43. The van der Waals surface area contributed by atoms with E-state index in [-0.39, 0.29) is 32.6 Å². The van der Waals surface area contributed by atoms with E-state index in [4.69, 9.17) is 24.3 Å². The number of carbonyl (C=O) groups excluding carboxylic acids is 2. The molecule has 0 bridgehead atoms. The molecule has 0 heterocycles. The Morgan fingerprint density at radius 2 is 0.559 bits per heavy atom. The van der Waals surface area contributed by atoms with Gasteiger partial charge in [-0.05, 0) is 148 Å². The molecule has 0 rings (SSSR count). The van der Waals surface area contributed by atoms with Gasteiger partial charge in [-0.15, -0.1) is 0 Å². The maximum Gasteiger partial charge on any atom is 0.472 e. The second kappa shape index (κ2) is 75.6. The monoisotopic (exact) mass is 1300 g/mol. The molecule has 0 aliphatic carbocycles. The number of rotatable bonds is 66. The fraction of sp³-hybridized carbons (Fsp3) is 0.566. The van der Waals surface area contributed by atoms with Gasteiger partial charge in [0.2, 0.25) is 0 Å². The Bertz CT molecular complexity index is 2280. The predicted molar refractivity (Wildman–Crippen MR) is 403 cm³/mol. The smallest absolute Gasteiger partial charge is 0.462 e. The summed E-state index contributed by atoms with van der Waals surface area (Å²) in [6, 6.07) is 0. The minimum Gasteiger partial charge on any atom is -0.462 e. The van der Waals surface area contributed by atoms with Crippen LogP contribution in [0.3, 0.4) is 0 Å². The van der Waals surface area contributed by atoms with Gasteiger partial charge in [0.1, 0.15) is 6.61 Å². The van der Waals surface area contributed by atoms with Crippen molar-refractivity contribution >= 4 is 19.8 Å². The maximum atomic E-state index is 12.8. The lowest BCUT2D eigenvalue weighted by atomic mass is 10.0. The van der Waals surface area contributed by atoms with Crippen LogP contribution in [0.1, 0.15) is 271 Å². The van der Waals surface area contributed by atoms with Crippen molar-refractivity contribution in [2.45, 2.75) is 277 Å². The Morgan fingerprint density at radius 1 is 0.323 bits per heavy atom. The topological polar surface area (TPSA) is 134 Å². The average Bonchev–Trinajstić information content (AvgIpc) is 3.60. The number of phosphoric ester groups is 1. The van der Waals surface area contributed by atoms with Crippen LogP contribution >= 0.6 is 7.82 Å². The zero-order chi connectivity index (χ0) is 67.2. The van der Waals surface area contributed by atoms with Crippen LogP contribution in [0.15, 0.2) is 207 Å². The molecule has 0 fully saturated rings. The lowest BCUT2D eigenvalue weighted by Gasteiger charge is -2.19. The number of phosphoric acid groups is 1. The summed E-state index contributed by atoms with van der Waals surface area (Å²) < 4.78 is 33.2. The van der Waals surface area contributed by atoms with Crippen molar-refractivity contribution in [2.75, 3.05) is 26.4 Å². The van der Waals surface area contributed by atoms with E-state index in [0.717, 1.165) is 167 Å². The number of allylic oxidation sites excluding steroid dienone is 34. The second-order valence-corrected chi connectivity index (χ2v) is 24.8. The van der Waals surface area contributed by atoms with Crippen LogP contribution in [0.4, 0.5) is 0 Å². The number of unbranched alkanes of at least 4 members (excludes halogenated alkanes) is 19. The summed E-state index contributed by atoms with van der Waals surface area (Å²) in [5.74, 6) is -0.852. The van der Waals surface area contributed by atoms with Gasteiger partial charge in [0, 0.05) is 19.4 Å². The molecule has 10 heteroatoms. The standard InChI is InChI=1S/C83H132NO8P/c1-3-5-7-9-11-13-15-17-19-21-23-25-27-29-31-33-35-37-38-39-40-41-42-44-46-48-50-52-54-56-58-60-62-64-66-68-70-72-74-76-83(86)92-81(80-91-93(87,88)90-78-77-84)79-89-82(85)75-73-71-69-67-65-63-61-59-57-55-53-51-49-47-45-43-36-34-32-30-28-26-24-22-20-18-16-14-12-10-8-6-4-2/h5-8,11-14,17-20,23-26,29-32,35-37,39-40,42-44,47-50,54,56,81H,3-4,9-10,15-16,21-22,27-28,33-34,38,41,45-46,51-53,55,57-80,84H2,1-2H3,(H,87,88)/b7-5-,8-6-,13-11-,14-12-,19-17-,20-18-,25-23-,26-24-,31-29-,32-30-,37-35-,40-39-,43-36-,44-42-,49-47-,50-48-,56-54-. The van der Waals surface area contributed by atoms with Gasteiger partial charge in [0.15, 0.2) is 6.10 Å². The minimum atomic E-state index is -4.41. The molecule has 0 amide bonds. The molecule has 0 radical (unpaired) electrons. The zero-order valence-corrected chi connectivity index (χ0v) is 59.5. The van der Waals surface area contributed by atoms with Crippen molar-refractivity contribution in [1.82, 2.24) is 0 Å². The van der Waals surface area contributed by atoms with Crippen molar-refractivity contribution in [1.29, 1.82) is 0 Å². The molecule has 93 heavy (non-hydrogen) atoms. The second-order valence-electron chi connectivity index (χ2n) is 23.3. The summed E-state index contributed by atoms with van der Waals surface area (Å²) in [4.78, 5) is 35.4. The van der Waals surface area contributed by atoms with Crippen molar-refractivity contribution < 1.29 is 37.6 Å². The number of nitrogens with two attached hydrogens (primary N) is 1. The van der Waals surface area contributed by atoms with E-state index in [1.165, 1.54) is 70.6 Å². The fourth-order valence-electron chi connectivity index (χ4n) is 9.35. The predicted octanol–water partition coefficient (Wildman–Crippen LogP) is 24.6. The molecule has 522 valence electrons. The number of hydrogen-bond acceptors (Lipinski definition) is 8. The Labute approximate surface area is 569 Å². The molecule has 0 saturated carbocycles. The van der Waals surface area contributed by atoms with Crippen molar-refractivity contribution in [2.24, 2.45) is 5.73 Å². The SMILES string of the molecule is CC/C=C\C/C=C\C/C=C\C/C=C\C/C=C\C/C=C\C/C=C\C/C=C\C/C=C\C/C=C\CCCCCCCCCCC(=O)OC(COC(=O)CCCCCCCCCCCCC/C=C\C/C=C\C/C=C\C/C=C\C/C=C\C/C=C\C/C=C\CC)COP(=O)(O)OCCN. The Hall–Kier alpha value is -5.41. The van der Waals surface area contributed by atoms with Crippen LogP contribution in [0.5, 0.6) is 0 Å². The third kappa shape index (κ3) is 75.5. The van der Waals surface area contributed by atoms with E-state index in [9.17, 15) is 19.0 Å². The zero-order valence-electron chi connectivity index (χ0n) is 58.6. The number of carbonyl (C=O) groups is 2. The van der Waals surface area contributed by atoms with Gasteiger partial charge in [-0.3, -0.25) is 18.6 Å². The Balaban J connectivity index is 3.99. The van der Waals surface area contributed by atoms with Crippen LogP contribution in [0.2, 0.25) is 0 Å². The first-order valence-electron chi connectivity index (χ1n) is 36.6. The third-order valence-corrected chi connectivity index (χ3v) is 15.6. The molecule has 0 spiro atoms. The molecule has 0 aromatic rings. The summed E-state index contributed by atoms with van der Waals surface area (Å²) in [5, 5.41) is 0. The minimum absolute atomic E-state index is 0.0414. The maximum absolute atomic E-state index is 12.8. The van der Waals surface area contributed by atoms with E-state index in [2.05, 4.69) is 220 Å². The van der Waals surface area contributed by atoms with Crippen molar-refractivity contribution in [3.05, 3.63) is 207 Å². The molecule has 2 atom stereocenters. The highest BCUT2D eigenvalue weighted by atomic mass is 31.2. The summed E-state index contributed by atoms with van der Waals surface area (Å²) in [7, 11) is -4.41.